The van der Waals surface area contributed by atoms with Crippen molar-refractivity contribution in [3.63, 3.8) is 0 Å². The minimum Gasteiger partial charge on any atom is -0.361 e. The fourth-order valence-corrected chi connectivity index (χ4v) is 4.65. The topological polar surface area (TPSA) is 51.4 Å². The lowest BCUT2D eigenvalue weighted by Gasteiger charge is -2.37. The lowest BCUT2D eigenvalue weighted by Crippen LogP contribution is -2.53. The molecule has 1 aromatic carbocycles. The van der Waals surface area contributed by atoms with Gasteiger partial charge in [-0.3, -0.25) is 14.6 Å². The maximum atomic E-state index is 12.6. The number of hydrogen-bond acceptors (Lipinski definition) is 4. The van der Waals surface area contributed by atoms with Gasteiger partial charge in [-0.15, -0.1) is 11.3 Å². The van der Waals surface area contributed by atoms with Crippen LogP contribution in [0, 0.1) is 0 Å². The molecule has 6 heteroatoms. The van der Waals surface area contributed by atoms with Crippen molar-refractivity contribution in [3.05, 3.63) is 58.4 Å². The van der Waals surface area contributed by atoms with Crippen LogP contribution in [0.1, 0.15) is 17.4 Å². The first kappa shape index (κ1) is 19.2. The molecule has 3 aromatic rings. The summed E-state index contributed by atoms with van der Waals surface area (Å²) in [5, 5.41) is 6.50. The second-order valence-corrected chi connectivity index (χ2v) is 8.50. The van der Waals surface area contributed by atoms with Gasteiger partial charge in [0.05, 0.1) is 6.04 Å². The molecule has 1 aliphatic heterocycles. The van der Waals surface area contributed by atoms with Crippen LogP contribution in [0.25, 0.3) is 10.9 Å². The monoisotopic (exact) mass is 396 g/mol. The molecule has 1 saturated heterocycles. The molecule has 5 nitrogen and oxygen atoms in total. The van der Waals surface area contributed by atoms with Crippen molar-refractivity contribution >= 4 is 28.1 Å². The highest BCUT2D eigenvalue weighted by atomic mass is 32.1. The Hall–Kier alpha value is -2.15. The van der Waals surface area contributed by atoms with E-state index in [9.17, 15) is 4.79 Å². The van der Waals surface area contributed by atoms with Crippen LogP contribution >= 0.6 is 11.3 Å². The number of amides is 1. The van der Waals surface area contributed by atoms with Crippen LogP contribution in [0.15, 0.2) is 48.0 Å². The summed E-state index contributed by atoms with van der Waals surface area (Å²) in [6.45, 7) is 7.65. The molecule has 28 heavy (non-hydrogen) atoms. The molecule has 2 aromatic heterocycles. The van der Waals surface area contributed by atoms with Gasteiger partial charge in [0.15, 0.2) is 0 Å². The molecule has 1 aliphatic rings. The van der Waals surface area contributed by atoms with Gasteiger partial charge in [-0.05, 0) is 36.4 Å². The van der Waals surface area contributed by atoms with Crippen molar-refractivity contribution in [3.8, 4) is 0 Å². The highest BCUT2D eigenvalue weighted by Crippen LogP contribution is 2.18. The van der Waals surface area contributed by atoms with Crippen LogP contribution in [0.3, 0.4) is 0 Å². The van der Waals surface area contributed by atoms with E-state index in [1.165, 1.54) is 15.8 Å². The number of para-hydroxylation sites is 1. The first-order valence-electron chi connectivity index (χ1n) is 10.0. The van der Waals surface area contributed by atoms with Crippen LogP contribution in [0.4, 0.5) is 0 Å². The van der Waals surface area contributed by atoms with E-state index in [1.54, 1.807) is 0 Å². The number of aromatic amines is 1. The van der Waals surface area contributed by atoms with E-state index in [1.807, 2.05) is 30.5 Å². The molecule has 0 spiro atoms. The molecule has 4 rings (SSSR count). The van der Waals surface area contributed by atoms with E-state index >= 15 is 0 Å². The second kappa shape index (κ2) is 8.90. The maximum absolute atomic E-state index is 12.6. The quantitative estimate of drug-likeness (QED) is 0.645. The van der Waals surface area contributed by atoms with Crippen molar-refractivity contribution < 1.29 is 4.79 Å². The SMILES string of the molecule is CC(C(=O)NCCc1c[nH]c2ccccc12)N1CCN(Cc2cccs2)CC1. The van der Waals surface area contributed by atoms with Gasteiger partial charge in [0, 0.05) is 61.2 Å². The van der Waals surface area contributed by atoms with Gasteiger partial charge in [0.25, 0.3) is 0 Å². The van der Waals surface area contributed by atoms with Gasteiger partial charge in [0.2, 0.25) is 5.91 Å². The summed E-state index contributed by atoms with van der Waals surface area (Å²) < 4.78 is 0. The first-order valence-corrected chi connectivity index (χ1v) is 10.9. The number of carbonyl (C=O) groups excluding carboxylic acids is 1. The summed E-state index contributed by atoms with van der Waals surface area (Å²) in [6.07, 6.45) is 2.89. The number of hydrogen-bond donors (Lipinski definition) is 2. The van der Waals surface area contributed by atoms with Crippen molar-refractivity contribution in [2.24, 2.45) is 0 Å². The second-order valence-electron chi connectivity index (χ2n) is 7.47. The molecule has 0 radical (unpaired) electrons. The average Bonchev–Trinajstić information content (AvgIpc) is 3.38. The Morgan fingerprint density at radius 1 is 1.18 bits per heavy atom. The number of benzene rings is 1. The molecule has 0 saturated carbocycles. The van der Waals surface area contributed by atoms with Gasteiger partial charge in [-0.1, -0.05) is 24.3 Å². The van der Waals surface area contributed by atoms with E-state index in [2.05, 4.69) is 55.8 Å². The number of fused-ring (bicyclic) bond motifs is 1. The third kappa shape index (κ3) is 4.46. The smallest absolute Gasteiger partial charge is 0.237 e. The summed E-state index contributed by atoms with van der Waals surface area (Å²) in [5.74, 6) is 0.131. The fraction of sp³-hybridized carbons (Fsp3) is 0.409. The van der Waals surface area contributed by atoms with Crippen LogP contribution in [-0.4, -0.2) is 59.5 Å². The van der Waals surface area contributed by atoms with Crippen LogP contribution < -0.4 is 5.32 Å². The van der Waals surface area contributed by atoms with Crippen LogP contribution in [0.2, 0.25) is 0 Å². The highest BCUT2D eigenvalue weighted by Gasteiger charge is 2.25. The number of piperazine rings is 1. The zero-order chi connectivity index (χ0) is 19.3. The van der Waals surface area contributed by atoms with Crippen LogP contribution in [0.5, 0.6) is 0 Å². The summed E-state index contributed by atoms with van der Waals surface area (Å²) in [5.41, 5.74) is 2.41. The maximum Gasteiger partial charge on any atom is 0.237 e. The first-order chi connectivity index (χ1) is 13.7. The van der Waals surface area contributed by atoms with Crippen molar-refractivity contribution in [2.75, 3.05) is 32.7 Å². The fourth-order valence-electron chi connectivity index (χ4n) is 3.90. The van der Waals surface area contributed by atoms with Gasteiger partial charge >= 0.3 is 0 Å². The Morgan fingerprint density at radius 2 is 2.00 bits per heavy atom. The summed E-state index contributed by atoms with van der Waals surface area (Å²) in [7, 11) is 0. The standard InChI is InChI=1S/C22H28N4OS/c1-17(26-12-10-25(11-13-26)16-19-5-4-14-28-19)22(27)23-9-8-18-15-24-21-7-3-2-6-20(18)21/h2-7,14-15,17,24H,8-13,16H2,1H3,(H,23,27). The summed E-state index contributed by atoms with van der Waals surface area (Å²) in [4.78, 5) is 22.1. The predicted molar refractivity (Wildman–Crippen MR) is 116 cm³/mol. The van der Waals surface area contributed by atoms with Gasteiger partial charge in [-0.2, -0.15) is 0 Å². The van der Waals surface area contributed by atoms with Gasteiger partial charge in [-0.25, -0.2) is 0 Å². The lowest BCUT2D eigenvalue weighted by molar-refractivity contribution is -0.126. The molecule has 1 fully saturated rings. The third-order valence-electron chi connectivity index (χ3n) is 5.66. The van der Waals surface area contributed by atoms with E-state index < -0.39 is 0 Å². The largest absolute Gasteiger partial charge is 0.361 e. The molecule has 2 N–H and O–H groups in total. The molecule has 3 heterocycles. The molecule has 1 atom stereocenters. The number of rotatable bonds is 7. The van der Waals surface area contributed by atoms with E-state index in [-0.39, 0.29) is 11.9 Å². The zero-order valence-corrected chi connectivity index (χ0v) is 17.2. The minimum absolute atomic E-state index is 0.0770. The van der Waals surface area contributed by atoms with E-state index in [4.69, 9.17) is 0 Å². The zero-order valence-electron chi connectivity index (χ0n) is 16.4. The number of nitrogens with zero attached hydrogens (tertiary/aromatic N) is 2. The third-order valence-corrected chi connectivity index (χ3v) is 6.52. The lowest BCUT2D eigenvalue weighted by atomic mass is 10.1. The number of H-pyrrole nitrogens is 1. The van der Waals surface area contributed by atoms with Crippen molar-refractivity contribution in [1.29, 1.82) is 0 Å². The number of carbonyl (C=O) groups is 1. The number of nitrogens with one attached hydrogen (secondary N) is 2. The predicted octanol–water partition coefficient (Wildman–Crippen LogP) is 3.09. The van der Waals surface area contributed by atoms with E-state index in [0.717, 1.165) is 44.7 Å². The Balaban J connectivity index is 1.21. The van der Waals surface area contributed by atoms with Gasteiger partial charge in [0.1, 0.15) is 0 Å². The molecule has 1 amide bonds. The molecular formula is C22H28N4OS. The molecule has 0 aliphatic carbocycles. The molecular weight excluding hydrogens is 368 g/mol. The number of aromatic nitrogens is 1. The Kier molecular flexibility index (Phi) is 6.10. The Morgan fingerprint density at radius 3 is 2.79 bits per heavy atom. The Labute approximate surface area is 170 Å². The normalized spacial score (nSPS) is 17.0. The minimum atomic E-state index is -0.0770. The molecule has 0 bridgehead atoms. The van der Waals surface area contributed by atoms with Gasteiger partial charge < -0.3 is 10.3 Å². The average molecular weight is 397 g/mol. The molecule has 1 unspecified atom stereocenters. The van der Waals surface area contributed by atoms with Crippen molar-refractivity contribution in [1.82, 2.24) is 20.1 Å². The van der Waals surface area contributed by atoms with Crippen molar-refractivity contribution in [2.45, 2.75) is 25.9 Å². The van der Waals surface area contributed by atoms with E-state index in [0.29, 0.717) is 6.54 Å². The number of thiophene rings is 1. The Bertz CT molecular complexity index is 896. The molecule has 148 valence electrons. The summed E-state index contributed by atoms with van der Waals surface area (Å²) >= 11 is 1.82. The van der Waals surface area contributed by atoms with Crippen LogP contribution in [-0.2, 0) is 17.8 Å². The highest BCUT2D eigenvalue weighted by molar-refractivity contribution is 7.09. The summed E-state index contributed by atoms with van der Waals surface area (Å²) in [6, 6.07) is 12.5.